The number of hydrogen-bond acceptors (Lipinski definition) is 3. The van der Waals surface area contributed by atoms with Crippen molar-refractivity contribution in [1.29, 1.82) is 0 Å². The summed E-state index contributed by atoms with van der Waals surface area (Å²) in [4.78, 5) is 2.52. The summed E-state index contributed by atoms with van der Waals surface area (Å²) < 4.78 is 14.0. The maximum Gasteiger partial charge on any atom is 0.143 e. The molecular formula is C39H43B16NO2. The van der Waals surface area contributed by atoms with Gasteiger partial charge in [0.15, 0.2) is 0 Å². The highest BCUT2D eigenvalue weighted by atomic mass is 16.3. The lowest BCUT2D eigenvalue weighted by Gasteiger charge is -2.31. The summed E-state index contributed by atoms with van der Waals surface area (Å²) in [6.45, 7) is 4.86. The van der Waals surface area contributed by atoms with E-state index in [-0.39, 0.29) is 5.41 Å². The average molecular weight is 731 g/mol. The maximum absolute atomic E-state index is 7.03. The molecule has 264 valence electrons. The molecule has 2 aromatic heterocycles. The number of anilines is 3. The van der Waals surface area contributed by atoms with Crippen LogP contribution < -0.4 is 92.3 Å². The van der Waals surface area contributed by atoms with E-state index in [0.717, 1.165) is 39.4 Å². The molecule has 0 atom stereocenters. The summed E-state index contributed by atoms with van der Waals surface area (Å²) in [7, 11) is 36.2. The second kappa shape index (κ2) is 12.9. The Morgan fingerprint density at radius 2 is 0.879 bits per heavy atom. The van der Waals surface area contributed by atoms with Crippen LogP contribution in [0.3, 0.4) is 0 Å². The second-order valence-corrected chi connectivity index (χ2v) is 18.7. The molecule has 0 amide bonds. The molecule has 0 saturated heterocycles. The number of hydrogen-bond donors (Lipinski definition) is 0. The van der Waals surface area contributed by atoms with Crippen molar-refractivity contribution in [2.24, 2.45) is 0 Å². The number of furan rings is 2. The minimum atomic E-state index is -0.184. The standard InChI is InChI=1S/C39H43B16NO2/c1-39(2)10-3-8(4-11(40)16(10)19-22(39)27(47)31(51)28(48)24(19)44)56(9-5-12(41)17-15(6-9)57-37-20(17)25(45)29(49)32(52)34(37)54)14-7-13(42)23(43)36-18(14)21-26(46)30(50)33(53)35(55)38(21)58-36/h3-7H,40-55H2,1-2H3. The summed E-state index contributed by atoms with van der Waals surface area (Å²) >= 11 is 0. The van der Waals surface area contributed by atoms with Gasteiger partial charge in [0.2, 0.25) is 0 Å². The smallest absolute Gasteiger partial charge is 0.143 e. The van der Waals surface area contributed by atoms with Gasteiger partial charge in [-0.15, -0.1) is 21.9 Å². The molecule has 6 aromatic carbocycles. The van der Waals surface area contributed by atoms with Gasteiger partial charge in [-0.3, -0.25) is 0 Å². The summed E-state index contributed by atoms with van der Waals surface area (Å²) in [6, 6.07) is 12.0. The Labute approximate surface area is 357 Å². The number of fused-ring (bicyclic) bond motifs is 9. The second-order valence-electron chi connectivity index (χ2n) is 18.7. The molecule has 0 aliphatic heterocycles. The molecule has 0 unspecified atom stereocenters. The molecule has 0 bridgehead atoms. The fourth-order valence-electron chi connectivity index (χ4n) is 11.0. The Balaban J connectivity index is 1.44. The fourth-order valence-corrected chi connectivity index (χ4v) is 11.0. The summed E-state index contributed by atoms with van der Waals surface area (Å²) in [5.74, 6) is 0. The van der Waals surface area contributed by atoms with Gasteiger partial charge < -0.3 is 13.7 Å². The van der Waals surface area contributed by atoms with Gasteiger partial charge in [0.05, 0.1) is 11.1 Å². The van der Waals surface area contributed by atoms with E-state index in [9.17, 15) is 0 Å². The molecule has 9 rings (SSSR count). The largest absolute Gasteiger partial charge is 0.457 e. The van der Waals surface area contributed by atoms with E-state index >= 15 is 0 Å². The van der Waals surface area contributed by atoms with E-state index in [1.165, 1.54) is 131 Å². The summed E-state index contributed by atoms with van der Waals surface area (Å²) in [5.41, 5.74) is 33.5. The van der Waals surface area contributed by atoms with Crippen LogP contribution in [0.25, 0.3) is 55.0 Å². The summed E-state index contributed by atoms with van der Waals surface area (Å²) in [5, 5.41) is 4.82. The first-order valence-electron chi connectivity index (χ1n) is 21.1. The average Bonchev–Trinajstić information content (AvgIpc) is 3.84. The Hall–Kier alpha value is -4.24. The van der Waals surface area contributed by atoms with Crippen LogP contribution in [0.4, 0.5) is 17.1 Å². The van der Waals surface area contributed by atoms with Crippen molar-refractivity contribution >= 4 is 274 Å². The molecule has 0 spiro atoms. The molecular weight excluding hydrogens is 687 g/mol. The molecule has 3 nitrogen and oxygen atoms in total. The molecule has 19 heteroatoms. The van der Waals surface area contributed by atoms with Crippen LogP contribution in [-0.4, -0.2) is 126 Å². The molecule has 0 N–H and O–H groups in total. The van der Waals surface area contributed by atoms with Crippen molar-refractivity contribution < 1.29 is 8.83 Å². The normalized spacial score (nSPS) is 13.2. The molecule has 2 heterocycles. The van der Waals surface area contributed by atoms with Crippen LogP contribution in [0.5, 0.6) is 0 Å². The lowest BCUT2D eigenvalue weighted by molar-refractivity contribution is 0.665. The van der Waals surface area contributed by atoms with Crippen LogP contribution in [0.2, 0.25) is 0 Å². The quantitative estimate of drug-likeness (QED) is 0.170. The Kier molecular flexibility index (Phi) is 8.71. The molecule has 0 saturated carbocycles. The van der Waals surface area contributed by atoms with Crippen LogP contribution in [0.15, 0.2) is 39.2 Å². The first-order chi connectivity index (χ1) is 27.2. The topological polar surface area (TPSA) is 29.5 Å². The highest BCUT2D eigenvalue weighted by molar-refractivity contribution is 6.69. The van der Waals surface area contributed by atoms with E-state index < -0.39 is 0 Å². The zero-order valence-corrected chi connectivity index (χ0v) is 38.2. The third-order valence-electron chi connectivity index (χ3n) is 15.5. The SMILES string of the molecule is Bc1cc(N(c2cc(B)c3c(c2)oc2c(B)c(B)c(B)c(B)c23)c2cc(B)c(B)c3oc4c(B)c(B)c(B)c(B)c4c23)cc2c1-c1c(B)c(B)c(B)c(B)c1C2(C)C. The van der Waals surface area contributed by atoms with Gasteiger partial charge in [0.25, 0.3) is 0 Å². The van der Waals surface area contributed by atoms with E-state index in [0.29, 0.717) is 0 Å². The van der Waals surface area contributed by atoms with Gasteiger partial charge in [-0.05, 0) is 46.5 Å². The fraction of sp³-hybridized carbons (Fsp3) is 0.0769. The minimum Gasteiger partial charge on any atom is -0.457 e. The van der Waals surface area contributed by atoms with Gasteiger partial charge in [-0.25, -0.2) is 0 Å². The van der Waals surface area contributed by atoms with Crippen molar-refractivity contribution in [3.63, 3.8) is 0 Å². The predicted molar refractivity (Wildman–Crippen MR) is 304 cm³/mol. The molecule has 58 heavy (non-hydrogen) atoms. The van der Waals surface area contributed by atoms with Crippen molar-refractivity contribution in [1.82, 2.24) is 0 Å². The van der Waals surface area contributed by atoms with Crippen LogP contribution >= 0.6 is 0 Å². The molecule has 0 radical (unpaired) electrons. The van der Waals surface area contributed by atoms with Crippen LogP contribution in [0, 0.1) is 0 Å². The lowest BCUT2D eigenvalue weighted by Crippen LogP contribution is -2.50. The van der Waals surface area contributed by atoms with Gasteiger partial charge in [-0.1, -0.05) is 79.4 Å². The van der Waals surface area contributed by atoms with Gasteiger partial charge in [-0.2, -0.15) is 0 Å². The van der Waals surface area contributed by atoms with E-state index in [2.05, 4.69) is 175 Å². The van der Waals surface area contributed by atoms with E-state index in [1.54, 1.807) is 0 Å². The number of rotatable bonds is 3. The molecule has 1 aliphatic carbocycles. The zero-order chi connectivity index (χ0) is 41.9. The van der Waals surface area contributed by atoms with E-state index in [4.69, 9.17) is 8.83 Å². The first kappa shape index (κ1) is 39.2. The van der Waals surface area contributed by atoms with Crippen LogP contribution in [-0.2, 0) is 5.41 Å². The lowest BCUT2D eigenvalue weighted by atomic mass is 9.61. The maximum atomic E-state index is 7.03. The van der Waals surface area contributed by atoms with Crippen molar-refractivity contribution in [3.8, 4) is 11.1 Å². The van der Waals surface area contributed by atoms with Crippen molar-refractivity contribution in [2.45, 2.75) is 19.3 Å². The Morgan fingerprint density at radius 1 is 0.397 bits per heavy atom. The van der Waals surface area contributed by atoms with Gasteiger partial charge in [0, 0.05) is 39.0 Å². The number of benzene rings is 6. The minimum absolute atomic E-state index is 0.184. The van der Waals surface area contributed by atoms with Crippen molar-refractivity contribution in [2.75, 3.05) is 4.90 Å². The highest BCUT2D eigenvalue weighted by Gasteiger charge is 2.40. The first-order valence-corrected chi connectivity index (χ1v) is 21.1. The third kappa shape index (κ3) is 4.97. The molecule has 0 fully saturated rings. The third-order valence-corrected chi connectivity index (χ3v) is 15.5. The van der Waals surface area contributed by atoms with E-state index in [1.807, 2.05) is 0 Å². The molecule has 8 aromatic rings. The highest BCUT2D eigenvalue weighted by Crippen LogP contribution is 2.49. The predicted octanol–water partition coefficient (Wildman–Crippen LogP) is -16.6. The number of nitrogens with zero attached hydrogens (tertiary/aromatic N) is 1. The molecule has 1 aliphatic rings. The Morgan fingerprint density at radius 3 is 1.50 bits per heavy atom. The van der Waals surface area contributed by atoms with Crippen LogP contribution in [0.1, 0.15) is 25.0 Å². The monoisotopic (exact) mass is 733 g/mol. The Bertz CT molecular complexity index is 3240. The summed E-state index contributed by atoms with van der Waals surface area (Å²) in [6.07, 6.45) is 0. The van der Waals surface area contributed by atoms with Crippen molar-refractivity contribution in [3.05, 3.63) is 41.5 Å². The van der Waals surface area contributed by atoms with Gasteiger partial charge in [0.1, 0.15) is 148 Å². The van der Waals surface area contributed by atoms with Gasteiger partial charge >= 0.3 is 0 Å². The zero-order valence-electron chi connectivity index (χ0n) is 38.2.